The van der Waals surface area contributed by atoms with Crippen LogP contribution in [0.2, 0.25) is 0 Å². The molecule has 17 heavy (non-hydrogen) atoms. The summed E-state index contributed by atoms with van der Waals surface area (Å²) in [6, 6.07) is 0.757. The maximum absolute atomic E-state index is 3.32. The molecule has 0 spiro atoms. The van der Waals surface area contributed by atoms with Crippen molar-refractivity contribution in [3.8, 4) is 0 Å². The fourth-order valence-corrected chi connectivity index (χ4v) is 2.62. The van der Waals surface area contributed by atoms with Gasteiger partial charge in [0.25, 0.3) is 0 Å². The zero-order chi connectivity index (χ0) is 12.3. The van der Waals surface area contributed by atoms with Crippen molar-refractivity contribution in [1.29, 1.82) is 0 Å². The van der Waals surface area contributed by atoms with Crippen LogP contribution in [-0.2, 0) is 0 Å². The van der Waals surface area contributed by atoms with Gasteiger partial charge in [0.15, 0.2) is 0 Å². The molecule has 2 rings (SSSR count). The highest BCUT2D eigenvalue weighted by atomic mass is 15.3. The lowest BCUT2D eigenvalue weighted by Gasteiger charge is -2.38. The molecule has 2 heterocycles. The SMILES string of the molecule is CCC(C)N1CCN(CC(C)=C2CNC2)CC1. The molecule has 0 amide bonds. The number of piperazine rings is 1. The van der Waals surface area contributed by atoms with Crippen LogP contribution in [0.4, 0.5) is 0 Å². The standard InChI is InChI=1S/C14H27N3/c1-4-13(3)17-7-5-16(6-8-17)11-12(2)14-9-15-10-14/h13,15H,4-11H2,1-3H3. The zero-order valence-corrected chi connectivity index (χ0v) is 11.6. The van der Waals surface area contributed by atoms with Crippen molar-refractivity contribution in [1.82, 2.24) is 15.1 Å². The van der Waals surface area contributed by atoms with Crippen molar-refractivity contribution in [2.24, 2.45) is 0 Å². The second-order valence-corrected chi connectivity index (χ2v) is 5.56. The summed E-state index contributed by atoms with van der Waals surface area (Å²) in [6.07, 6.45) is 1.27. The Morgan fingerprint density at radius 2 is 1.88 bits per heavy atom. The van der Waals surface area contributed by atoms with Gasteiger partial charge in [-0.25, -0.2) is 0 Å². The molecule has 2 fully saturated rings. The van der Waals surface area contributed by atoms with Gasteiger partial charge in [-0.1, -0.05) is 12.5 Å². The molecule has 3 heteroatoms. The second-order valence-electron chi connectivity index (χ2n) is 5.56. The monoisotopic (exact) mass is 237 g/mol. The molecule has 2 aliphatic rings. The van der Waals surface area contributed by atoms with Crippen LogP contribution in [0.5, 0.6) is 0 Å². The van der Waals surface area contributed by atoms with Gasteiger partial charge in [0.05, 0.1) is 0 Å². The van der Waals surface area contributed by atoms with E-state index < -0.39 is 0 Å². The Labute approximate surface area is 106 Å². The van der Waals surface area contributed by atoms with Crippen LogP contribution in [0.3, 0.4) is 0 Å². The number of rotatable bonds is 4. The first kappa shape index (κ1) is 13.1. The van der Waals surface area contributed by atoms with Gasteiger partial charge in [-0.2, -0.15) is 0 Å². The van der Waals surface area contributed by atoms with Crippen LogP contribution in [0.1, 0.15) is 27.2 Å². The fraction of sp³-hybridized carbons (Fsp3) is 0.857. The maximum Gasteiger partial charge on any atom is 0.0194 e. The number of hydrogen-bond acceptors (Lipinski definition) is 3. The van der Waals surface area contributed by atoms with Crippen molar-refractivity contribution in [2.75, 3.05) is 45.8 Å². The molecular formula is C14H27N3. The summed E-state index contributed by atoms with van der Waals surface area (Å²) >= 11 is 0. The van der Waals surface area contributed by atoms with E-state index in [1.54, 1.807) is 11.1 Å². The van der Waals surface area contributed by atoms with Crippen LogP contribution in [-0.4, -0.2) is 61.7 Å². The lowest BCUT2D eigenvalue weighted by Crippen LogP contribution is -2.50. The van der Waals surface area contributed by atoms with E-state index in [9.17, 15) is 0 Å². The molecule has 2 aliphatic heterocycles. The summed E-state index contributed by atoms with van der Waals surface area (Å²) in [7, 11) is 0. The highest BCUT2D eigenvalue weighted by Gasteiger charge is 2.21. The van der Waals surface area contributed by atoms with Crippen molar-refractivity contribution < 1.29 is 0 Å². The molecule has 1 unspecified atom stereocenters. The van der Waals surface area contributed by atoms with Crippen LogP contribution in [0.25, 0.3) is 0 Å². The first-order valence-electron chi connectivity index (χ1n) is 7.05. The number of hydrogen-bond donors (Lipinski definition) is 1. The summed E-state index contributed by atoms with van der Waals surface area (Å²) in [4.78, 5) is 5.24. The minimum absolute atomic E-state index is 0.757. The second kappa shape index (κ2) is 5.98. The average molecular weight is 237 g/mol. The molecular weight excluding hydrogens is 210 g/mol. The predicted octanol–water partition coefficient (Wildman–Crippen LogP) is 1.32. The van der Waals surface area contributed by atoms with Crippen molar-refractivity contribution >= 4 is 0 Å². The molecule has 0 radical (unpaired) electrons. The van der Waals surface area contributed by atoms with Crippen LogP contribution < -0.4 is 5.32 Å². The van der Waals surface area contributed by atoms with Crippen LogP contribution in [0.15, 0.2) is 11.1 Å². The van der Waals surface area contributed by atoms with Gasteiger partial charge in [-0.3, -0.25) is 9.80 Å². The maximum atomic E-state index is 3.32. The van der Waals surface area contributed by atoms with E-state index in [0.29, 0.717) is 0 Å². The third kappa shape index (κ3) is 3.30. The first-order valence-corrected chi connectivity index (χ1v) is 7.05. The Balaban J connectivity index is 1.75. The van der Waals surface area contributed by atoms with E-state index in [2.05, 4.69) is 35.9 Å². The predicted molar refractivity (Wildman–Crippen MR) is 73.3 cm³/mol. The molecule has 0 aromatic rings. The lowest BCUT2D eigenvalue weighted by atomic mass is 10.0. The van der Waals surface area contributed by atoms with Gasteiger partial charge in [0, 0.05) is 51.9 Å². The van der Waals surface area contributed by atoms with Gasteiger partial charge in [0.2, 0.25) is 0 Å². The summed E-state index contributed by atoms with van der Waals surface area (Å²) < 4.78 is 0. The van der Waals surface area contributed by atoms with E-state index in [4.69, 9.17) is 0 Å². The third-order valence-corrected chi connectivity index (χ3v) is 4.36. The summed E-state index contributed by atoms with van der Waals surface area (Å²) in [5.41, 5.74) is 3.23. The highest BCUT2D eigenvalue weighted by Crippen LogP contribution is 2.13. The van der Waals surface area contributed by atoms with Crippen molar-refractivity contribution in [3.05, 3.63) is 11.1 Å². The molecule has 0 aromatic heterocycles. The Morgan fingerprint density at radius 1 is 1.24 bits per heavy atom. The first-order chi connectivity index (χ1) is 8.20. The van der Waals surface area contributed by atoms with E-state index in [0.717, 1.165) is 19.1 Å². The topological polar surface area (TPSA) is 18.5 Å². The van der Waals surface area contributed by atoms with Gasteiger partial charge in [-0.05, 0) is 25.8 Å². The Bertz CT molecular complexity index is 271. The smallest absolute Gasteiger partial charge is 0.0194 e. The molecule has 1 N–H and O–H groups in total. The van der Waals surface area contributed by atoms with Crippen LogP contribution >= 0.6 is 0 Å². The fourth-order valence-electron chi connectivity index (χ4n) is 2.62. The molecule has 0 bridgehead atoms. The molecule has 0 aliphatic carbocycles. The minimum Gasteiger partial charge on any atom is -0.309 e. The zero-order valence-electron chi connectivity index (χ0n) is 11.6. The number of nitrogens with one attached hydrogen (secondary N) is 1. The average Bonchev–Trinajstić information content (AvgIpc) is 2.26. The summed E-state index contributed by atoms with van der Waals surface area (Å²) in [5, 5.41) is 3.32. The molecule has 0 saturated carbocycles. The largest absolute Gasteiger partial charge is 0.309 e. The van der Waals surface area contributed by atoms with E-state index in [1.807, 2.05) is 0 Å². The van der Waals surface area contributed by atoms with Gasteiger partial charge >= 0.3 is 0 Å². The quantitative estimate of drug-likeness (QED) is 0.744. The van der Waals surface area contributed by atoms with Gasteiger partial charge in [0.1, 0.15) is 0 Å². The number of nitrogens with zero attached hydrogens (tertiary/aromatic N) is 2. The summed E-state index contributed by atoms with van der Waals surface area (Å²) in [5.74, 6) is 0. The molecule has 98 valence electrons. The van der Waals surface area contributed by atoms with E-state index in [-0.39, 0.29) is 0 Å². The van der Waals surface area contributed by atoms with Crippen LogP contribution in [0, 0.1) is 0 Å². The Morgan fingerprint density at radius 3 is 2.35 bits per heavy atom. The molecule has 3 nitrogen and oxygen atoms in total. The van der Waals surface area contributed by atoms with Gasteiger partial charge < -0.3 is 5.32 Å². The molecule has 2 saturated heterocycles. The molecule has 1 atom stereocenters. The summed E-state index contributed by atoms with van der Waals surface area (Å²) in [6.45, 7) is 15.3. The van der Waals surface area contributed by atoms with E-state index >= 15 is 0 Å². The Kier molecular flexibility index (Phi) is 4.60. The minimum atomic E-state index is 0.757. The van der Waals surface area contributed by atoms with Gasteiger partial charge in [-0.15, -0.1) is 0 Å². The van der Waals surface area contributed by atoms with E-state index in [1.165, 1.54) is 39.1 Å². The third-order valence-electron chi connectivity index (χ3n) is 4.36. The Hall–Kier alpha value is -0.380. The normalized spacial score (nSPS) is 24.5. The van der Waals surface area contributed by atoms with Crippen molar-refractivity contribution in [3.63, 3.8) is 0 Å². The van der Waals surface area contributed by atoms with Crippen molar-refractivity contribution in [2.45, 2.75) is 33.2 Å². The molecule has 0 aromatic carbocycles. The highest BCUT2D eigenvalue weighted by molar-refractivity contribution is 5.22. The lowest BCUT2D eigenvalue weighted by molar-refractivity contribution is 0.106.